The predicted octanol–water partition coefficient (Wildman–Crippen LogP) is 2.37. The van der Waals surface area contributed by atoms with Gasteiger partial charge in [-0.3, -0.25) is 4.79 Å². The van der Waals surface area contributed by atoms with Gasteiger partial charge in [0, 0.05) is 6.20 Å². The third-order valence-electron chi connectivity index (χ3n) is 2.48. The standard InChI is InChI=1S/C13H13NO2S/c1-2-17(16)12-8-4-3-6-10(12)13(15)11-7-5-9-14-11/h3-9,14H,2H2,1H3. The second kappa shape index (κ2) is 5.21. The van der Waals surface area contributed by atoms with Gasteiger partial charge in [0.05, 0.1) is 11.3 Å². The summed E-state index contributed by atoms with van der Waals surface area (Å²) in [7, 11) is 0. The lowest BCUT2D eigenvalue weighted by molar-refractivity contribution is 0.103. The normalized spacial score (nSPS) is 12.4. The molecule has 1 atom stereocenters. The number of rotatable bonds is 4. The number of nitrogens with one attached hydrogen (secondary N) is 1. The minimum Gasteiger partial charge on any atom is -0.611 e. The Kier molecular flexibility index (Phi) is 3.66. The lowest BCUT2D eigenvalue weighted by Crippen LogP contribution is -2.12. The molecule has 0 fully saturated rings. The van der Waals surface area contributed by atoms with E-state index in [0.29, 0.717) is 21.9 Å². The molecule has 1 unspecified atom stereocenters. The maximum absolute atomic E-state index is 12.2. The van der Waals surface area contributed by atoms with Crippen molar-refractivity contribution in [2.24, 2.45) is 0 Å². The fourth-order valence-electron chi connectivity index (χ4n) is 1.62. The number of carbonyl (C=O) groups is 1. The Morgan fingerprint density at radius 3 is 2.71 bits per heavy atom. The summed E-state index contributed by atoms with van der Waals surface area (Å²) in [6, 6.07) is 10.5. The highest BCUT2D eigenvalue weighted by Gasteiger charge is 2.20. The Bertz CT molecular complexity index is 508. The summed E-state index contributed by atoms with van der Waals surface area (Å²) < 4.78 is 11.9. The Balaban J connectivity index is 2.42. The van der Waals surface area contributed by atoms with Crippen LogP contribution in [0.3, 0.4) is 0 Å². The molecule has 0 aliphatic carbocycles. The molecule has 1 heterocycles. The molecule has 0 amide bonds. The van der Waals surface area contributed by atoms with Gasteiger partial charge in [0.2, 0.25) is 5.78 Å². The van der Waals surface area contributed by atoms with E-state index in [0.717, 1.165) is 0 Å². The van der Waals surface area contributed by atoms with Crippen LogP contribution in [0.1, 0.15) is 23.0 Å². The summed E-state index contributed by atoms with van der Waals surface area (Å²) in [6.45, 7) is 1.84. The first kappa shape index (κ1) is 12.0. The Labute approximate surface area is 103 Å². The smallest absolute Gasteiger partial charge is 0.214 e. The van der Waals surface area contributed by atoms with Crippen molar-refractivity contribution >= 4 is 17.0 Å². The van der Waals surface area contributed by atoms with E-state index in [1.807, 2.05) is 6.92 Å². The quantitative estimate of drug-likeness (QED) is 0.666. The van der Waals surface area contributed by atoms with Crippen molar-refractivity contribution in [3.8, 4) is 0 Å². The molecule has 0 spiro atoms. The van der Waals surface area contributed by atoms with Crippen LogP contribution in [0.25, 0.3) is 0 Å². The van der Waals surface area contributed by atoms with Crippen molar-refractivity contribution < 1.29 is 9.35 Å². The second-order valence-electron chi connectivity index (χ2n) is 3.54. The highest BCUT2D eigenvalue weighted by atomic mass is 32.2. The van der Waals surface area contributed by atoms with E-state index in [2.05, 4.69) is 4.98 Å². The van der Waals surface area contributed by atoms with Gasteiger partial charge >= 0.3 is 0 Å². The fraction of sp³-hybridized carbons (Fsp3) is 0.154. The molecular formula is C13H13NO2S. The number of hydrogen-bond donors (Lipinski definition) is 1. The molecule has 2 rings (SSSR count). The number of hydrogen-bond acceptors (Lipinski definition) is 2. The van der Waals surface area contributed by atoms with Crippen LogP contribution in [0, 0.1) is 0 Å². The van der Waals surface area contributed by atoms with Gasteiger partial charge in [-0.15, -0.1) is 0 Å². The highest BCUT2D eigenvalue weighted by Crippen LogP contribution is 2.19. The number of ketones is 1. The van der Waals surface area contributed by atoms with Crippen molar-refractivity contribution in [1.29, 1.82) is 0 Å². The lowest BCUT2D eigenvalue weighted by Gasteiger charge is -2.11. The topological polar surface area (TPSA) is 55.9 Å². The largest absolute Gasteiger partial charge is 0.611 e. The van der Waals surface area contributed by atoms with E-state index in [4.69, 9.17) is 0 Å². The molecule has 2 aromatic rings. The molecule has 0 aliphatic heterocycles. The van der Waals surface area contributed by atoms with Gasteiger partial charge in [0.25, 0.3) is 0 Å². The fourth-order valence-corrected chi connectivity index (χ4v) is 2.57. The van der Waals surface area contributed by atoms with Gasteiger partial charge in [-0.1, -0.05) is 12.1 Å². The lowest BCUT2D eigenvalue weighted by atomic mass is 10.1. The summed E-state index contributed by atoms with van der Waals surface area (Å²) in [5.74, 6) is 0.391. The van der Waals surface area contributed by atoms with Crippen LogP contribution in [-0.4, -0.2) is 21.1 Å². The number of benzene rings is 1. The minimum atomic E-state index is -1.12. The SMILES string of the molecule is CC[S+]([O-])c1ccccc1C(=O)c1ccc[nH]1. The molecule has 0 saturated carbocycles. The summed E-state index contributed by atoms with van der Waals surface area (Å²) in [4.78, 5) is 15.7. The molecular weight excluding hydrogens is 234 g/mol. The number of aromatic amines is 1. The van der Waals surface area contributed by atoms with Crippen LogP contribution in [0.5, 0.6) is 0 Å². The predicted molar refractivity (Wildman–Crippen MR) is 67.6 cm³/mol. The summed E-state index contributed by atoms with van der Waals surface area (Å²) in [5.41, 5.74) is 1.03. The number of H-pyrrole nitrogens is 1. The van der Waals surface area contributed by atoms with Gasteiger partial charge in [-0.25, -0.2) is 0 Å². The van der Waals surface area contributed by atoms with Crippen molar-refractivity contribution in [1.82, 2.24) is 4.98 Å². The molecule has 4 heteroatoms. The molecule has 3 nitrogen and oxygen atoms in total. The van der Waals surface area contributed by atoms with Crippen LogP contribution in [0.2, 0.25) is 0 Å². The maximum atomic E-state index is 12.2. The molecule has 1 aromatic heterocycles. The van der Waals surface area contributed by atoms with Crippen LogP contribution in [0.15, 0.2) is 47.5 Å². The molecule has 17 heavy (non-hydrogen) atoms. The van der Waals surface area contributed by atoms with Crippen LogP contribution >= 0.6 is 0 Å². The minimum absolute atomic E-state index is 0.118. The van der Waals surface area contributed by atoms with Crippen LogP contribution in [0.4, 0.5) is 0 Å². The maximum Gasteiger partial charge on any atom is 0.214 e. The van der Waals surface area contributed by atoms with Crippen molar-refractivity contribution in [2.45, 2.75) is 11.8 Å². The third-order valence-corrected chi connectivity index (χ3v) is 3.85. The Morgan fingerprint density at radius 2 is 2.06 bits per heavy atom. The molecule has 0 aliphatic rings. The average Bonchev–Trinajstić information content (AvgIpc) is 2.91. The van der Waals surface area contributed by atoms with E-state index in [1.165, 1.54) is 0 Å². The molecule has 1 aromatic carbocycles. The molecule has 0 bridgehead atoms. The zero-order valence-corrected chi connectivity index (χ0v) is 10.3. The van der Waals surface area contributed by atoms with Crippen molar-refractivity contribution in [3.63, 3.8) is 0 Å². The first-order chi connectivity index (χ1) is 8.24. The zero-order valence-electron chi connectivity index (χ0n) is 9.47. The summed E-state index contributed by atoms with van der Waals surface area (Å²) in [6.07, 6.45) is 1.70. The van der Waals surface area contributed by atoms with Crippen molar-refractivity contribution in [2.75, 3.05) is 5.75 Å². The monoisotopic (exact) mass is 247 g/mol. The zero-order chi connectivity index (χ0) is 12.3. The van der Waals surface area contributed by atoms with E-state index in [9.17, 15) is 9.35 Å². The average molecular weight is 247 g/mol. The number of carbonyl (C=O) groups excluding carboxylic acids is 1. The van der Waals surface area contributed by atoms with E-state index < -0.39 is 11.2 Å². The molecule has 0 saturated heterocycles. The molecule has 88 valence electrons. The first-order valence-electron chi connectivity index (χ1n) is 5.39. The van der Waals surface area contributed by atoms with Gasteiger partial charge in [0.1, 0.15) is 5.75 Å². The summed E-state index contributed by atoms with van der Waals surface area (Å²) in [5, 5.41) is 0. The van der Waals surface area contributed by atoms with Gasteiger partial charge in [0.15, 0.2) is 4.90 Å². The van der Waals surface area contributed by atoms with Crippen molar-refractivity contribution in [3.05, 3.63) is 53.9 Å². The highest BCUT2D eigenvalue weighted by molar-refractivity contribution is 7.91. The Morgan fingerprint density at radius 1 is 1.29 bits per heavy atom. The van der Waals surface area contributed by atoms with Gasteiger partial charge < -0.3 is 9.54 Å². The second-order valence-corrected chi connectivity index (χ2v) is 5.25. The van der Waals surface area contributed by atoms with Gasteiger partial charge in [-0.05, 0) is 42.4 Å². The van der Waals surface area contributed by atoms with Crippen LogP contribution in [-0.2, 0) is 11.2 Å². The summed E-state index contributed by atoms with van der Waals surface area (Å²) >= 11 is -1.12. The third kappa shape index (κ3) is 2.43. The molecule has 1 N–H and O–H groups in total. The van der Waals surface area contributed by atoms with E-state index in [1.54, 1.807) is 42.6 Å². The van der Waals surface area contributed by atoms with Crippen LogP contribution < -0.4 is 0 Å². The van der Waals surface area contributed by atoms with E-state index >= 15 is 0 Å². The Hall–Kier alpha value is -1.52. The first-order valence-corrected chi connectivity index (χ1v) is 6.71. The number of aromatic nitrogens is 1. The van der Waals surface area contributed by atoms with E-state index in [-0.39, 0.29) is 5.78 Å². The van der Waals surface area contributed by atoms with Gasteiger partial charge in [-0.2, -0.15) is 0 Å². The molecule has 0 radical (unpaired) electrons.